The highest BCUT2D eigenvalue weighted by Crippen LogP contribution is 2.26. The van der Waals surface area contributed by atoms with Crippen molar-refractivity contribution in [2.24, 2.45) is 7.05 Å². The zero-order chi connectivity index (χ0) is 25.0. The number of anilines is 1. The molecule has 3 aromatic carbocycles. The fourth-order valence-corrected chi connectivity index (χ4v) is 6.34. The molecule has 186 valence electrons. The molecule has 1 aliphatic rings. The Morgan fingerprint density at radius 2 is 1.69 bits per heavy atom. The van der Waals surface area contributed by atoms with Crippen molar-refractivity contribution in [3.8, 4) is 11.4 Å². The number of nitrogens with zero attached hydrogens (tertiary/aromatic N) is 4. The Labute approximate surface area is 216 Å². The zero-order valence-corrected chi connectivity index (χ0v) is 21.8. The summed E-state index contributed by atoms with van der Waals surface area (Å²) in [5.74, 6) is 1.82. The van der Waals surface area contributed by atoms with Gasteiger partial charge in [-0.15, -0.1) is 10.2 Å². The molecule has 0 radical (unpaired) electrons. The minimum absolute atomic E-state index is 0.305. The lowest BCUT2D eigenvalue weighted by atomic mass is 10.00. The first-order chi connectivity index (χ1) is 17.5. The number of benzene rings is 3. The highest BCUT2D eigenvalue weighted by molar-refractivity contribution is 7.99. The van der Waals surface area contributed by atoms with Gasteiger partial charge in [-0.1, -0.05) is 66.4 Å². The Hall–Kier alpha value is -3.14. The molecule has 1 aliphatic heterocycles. The van der Waals surface area contributed by atoms with Gasteiger partial charge in [0.2, 0.25) is 0 Å². The second-order valence-electron chi connectivity index (χ2n) is 8.86. The Balaban J connectivity index is 1.16. The summed E-state index contributed by atoms with van der Waals surface area (Å²) >= 11 is 1.72. The van der Waals surface area contributed by atoms with E-state index in [2.05, 4.69) is 19.8 Å². The molecule has 1 N–H and O–H groups in total. The van der Waals surface area contributed by atoms with Crippen LogP contribution in [0.15, 0.2) is 88.9 Å². The van der Waals surface area contributed by atoms with Gasteiger partial charge in [0.05, 0.1) is 4.90 Å². The van der Waals surface area contributed by atoms with Crippen molar-refractivity contribution in [2.75, 3.05) is 23.6 Å². The third kappa shape index (κ3) is 5.64. The fraction of sp³-hybridized carbons (Fsp3) is 0.259. The number of hydrogen-bond donors (Lipinski definition) is 1. The molecular weight excluding hydrogens is 490 g/mol. The summed E-state index contributed by atoms with van der Waals surface area (Å²) in [5.41, 5.74) is 3.94. The van der Waals surface area contributed by atoms with Gasteiger partial charge in [-0.05, 0) is 54.8 Å². The van der Waals surface area contributed by atoms with Crippen LogP contribution in [0.25, 0.3) is 11.4 Å². The molecule has 0 atom stereocenters. The summed E-state index contributed by atoms with van der Waals surface area (Å²) in [6.07, 6.45) is 1.94. The lowest BCUT2D eigenvalue weighted by Crippen LogP contribution is -2.31. The number of nitrogens with one attached hydrogen (secondary N) is 1. The van der Waals surface area contributed by atoms with E-state index >= 15 is 0 Å². The molecule has 0 aliphatic carbocycles. The standard InChI is InChI=1S/C27H29N5O2S2/c1-31-26(22-9-4-2-5-10-22)28-29-27(31)35-18-8-16-32-17-15-21-13-14-25(19-23(21)20-32)36(33,34)30-24-11-6-3-7-12-24/h2-7,9-14,19,30H,8,15-18,20H2,1H3. The Bertz CT molecular complexity index is 1420. The number of aromatic nitrogens is 3. The normalized spacial score (nSPS) is 13.9. The second kappa shape index (κ2) is 10.9. The lowest BCUT2D eigenvalue weighted by molar-refractivity contribution is 0.255. The average Bonchev–Trinajstić information content (AvgIpc) is 3.27. The van der Waals surface area contributed by atoms with Crippen molar-refractivity contribution in [1.29, 1.82) is 0 Å². The second-order valence-corrected chi connectivity index (χ2v) is 11.6. The minimum atomic E-state index is -3.63. The molecule has 1 aromatic heterocycles. The maximum Gasteiger partial charge on any atom is 0.261 e. The van der Waals surface area contributed by atoms with Gasteiger partial charge in [0, 0.05) is 37.1 Å². The first-order valence-electron chi connectivity index (χ1n) is 12.0. The topological polar surface area (TPSA) is 80.1 Å². The summed E-state index contributed by atoms with van der Waals surface area (Å²) in [6, 6.07) is 24.6. The maximum atomic E-state index is 12.9. The van der Waals surface area contributed by atoms with E-state index < -0.39 is 10.0 Å². The first kappa shape index (κ1) is 24.5. The van der Waals surface area contributed by atoms with Gasteiger partial charge in [-0.3, -0.25) is 9.62 Å². The fourth-order valence-electron chi connectivity index (χ4n) is 4.40. The van der Waals surface area contributed by atoms with Gasteiger partial charge >= 0.3 is 0 Å². The molecule has 0 unspecified atom stereocenters. The molecule has 4 aromatic rings. The summed E-state index contributed by atoms with van der Waals surface area (Å²) in [6.45, 7) is 2.69. The van der Waals surface area contributed by atoms with Crippen LogP contribution in [0.3, 0.4) is 0 Å². The van der Waals surface area contributed by atoms with Crippen LogP contribution in [0.5, 0.6) is 0 Å². The first-order valence-corrected chi connectivity index (χ1v) is 14.5. The van der Waals surface area contributed by atoms with E-state index in [0.717, 1.165) is 60.3 Å². The quantitative estimate of drug-likeness (QED) is 0.252. The van der Waals surface area contributed by atoms with Crippen molar-refractivity contribution in [1.82, 2.24) is 19.7 Å². The molecule has 0 bridgehead atoms. The molecule has 5 rings (SSSR count). The number of sulfonamides is 1. The van der Waals surface area contributed by atoms with Crippen molar-refractivity contribution in [2.45, 2.75) is 29.4 Å². The SMILES string of the molecule is Cn1c(SCCCN2CCc3ccc(S(=O)(=O)Nc4ccccc4)cc3C2)nnc1-c1ccccc1. The number of para-hydroxylation sites is 1. The summed E-state index contributed by atoms with van der Waals surface area (Å²) in [7, 11) is -1.62. The predicted octanol–water partition coefficient (Wildman–Crippen LogP) is 4.82. The molecule has 2 heterocycles. The van der Waals surface area contributed by atoms with E-state index in [1.165, 1.54) is 5.56 Å². The van der Waals surface area contributed by atoms with Gasteiger partial charge in [0.25, 0.3) is 10.0 Å². The van der Waals surface area contributed by atoms with E-state index in [-0.39, 0.29) is 0 Å². The van der Waals surface area contributed by atoms with Crippen LogP contribution in [-0.4, -0.2) is 46.9 Å². The van der Waals surface area contributed by atoms with Crippen molar-refractivity contribution < 1.29 is 8.42 Å². The maximum absolute atomic E-state index is 12.9. The third-order valence-electron chi connectivity index (χ3n) is 6.32. The van der Waals surface area contributed by atoms with Crippen LogP contribution in [-0.2, 0) is 30.0 Å². The number of fused-ring (bicyclic) bond motifs is 1. The average molecular weight is 520 g/mol. The smallest absolute Gasteiger partial charge is 0.261 e. The molecule has 7 nitrogen and oxygen atoms in total. The van der Waals surface area contributed by atoms with Gasteiger partial charge in [0.1, 0.15) is 0 Å². The van der Waals surface area contributed by atoms with E-state index in [4.69, 9.17) is 0 Å². The Morgan fingerprint density at radius 3 is 2.47 bits per heavy atom. The van der Waals surface area contributed by atoms with Gasteiger partial charge in [-0.2, -0.15) is 0 Å². The van der Waals surface area contributed by atoms with Crippen molar-refractivity contribution in [3.63, 3.8) is 0 Å². The monoisotopic (exact) mass is 519 g/mol. The largest absolute Gasteiger partial charge is 0.305 e. The lowest BCUT2D eigenvalue weighted by Gasteiger charge is -2.29. The molecule has 0 saturated heterocycles. The number of thioether (sulfide) groups is 1. The number of rotatable bonds is 9. The Kier molecular flexibility index (Phi) is 7.41. The molecule has 0 fully saturated rings. The van der Waals surface area contributed by atoms with Crippen LogP contribution in [0.4, 0.5) is 5.69 Å². The summed E-state index contributed by atoms with van der Waals surface area (Å²) < 4.78 is 30.5. The summed E-state index contributed by atoms with van der Waals surface area (Å²) in [5, 5.41) is 9.65. The minimum Gasteiger partial charge on any atom is -0.305 e. The molecule has 0 spiro atoms. The van der Waals surface area contributed by atoms with Gasteiger partial charge in [-0.25, -0.2) is 8.42 Å². The van der Waals surface area contributed by atoms with Gasteiger partial charge < -0.3 is 4.57 Å². The van der Waals surface area contributed by atoms with Crippen LogP contribution in [0.1, 0.15) is 17.5 Å². The van der Waals surface area contributed by atoms with Crippen molar-refractivity contribution in [3.05, 3.63) is 90.0 Å². The van der Waals surface area contributed by atoms with Crippen LogP contribution in [0.2, 0.25) is 0 Å². The Morgan fingerprint density at radius 1 is 0.944 bits per heavy atom. The van der Waals surface area contributed by atoms with E-state index in [1.807, 2.05) is 72.3 Å². The highest BCUT2D eigenvalue weighted by Gasteiger charge is 2.21. The molecule has 9 heteroatoms. The van der Waals surface area contributed by atoms with E-state index in [9.17, 15) is 8.42 Å². The highest BCUT2D eigenvalue weighted by atomic mass is 32.2. The number of hydrogen-bond acceptors (Lipinski definition) is 6. The predicted molar refractivity (Wildman–Crippen MR) is 144 cm³/mol. The molecule has 0 saturated carbocycles. The van der Waals surface area contributed by atoms with Crippen LogP contribution in [0, 0.1) is 0 Å². The van der Waals surface area contributed by atoms with Crippen LogP contribution >= 0.6 is 11.8 Å². The van der Waals surface area contributed by atoms with Crippen molar-refractivity contribution >= 4 is 27.5 Å². The molecular formula is C27H29N5O2S2. The van der Waals surface area contributed by atoms with E-state index in [0.29, 0.717) is 10.6 Å². The summed E-state index contributed by atoms with van der Waals surface area (Å²) in [4.78, 5) is 2.70. The molecule has 36 heavy (non-hydrogen) atoms. The molecule has 0 amide bonds. The van der Waals surface area contributed by atoms with Gasteiger partial charge in [0.15, 0.2) is 11.0 Å². The third-order valence-corrected chi connectivity index (χ3v) is 8.81. The zero-order valence-electron chi connectivity index (χ0n) is 20.2. The van der Waals surface area contributed by atoms with Crippen LogP contribution < -0.4 is 4.72 Å². The van der Waals surface area contributed by atoms with E-state index in [1.54, 1.807) is 30.0 Å².